The van der Waals surface area contributed by atoms with E-state index in [0.717, 1.165) is 80.0 Å². The Bertz CT molecular complexity index is 1410. The summed E-state index contributed by atoms with van der Waals surface area (Å²) in [7, 11) is 0. The molecule has 5 heterocycles. The van der Waals surface area contributed by atoms with E-state index in [2.05, 4.69) is 58.0 Å². The third-order valence-corrected chi connectivity index (χ3v) is 7.45. The van der Waals surface area contributed by atoms with Crippen LogP contribution < -0.4 is 4.90 Å². The first-order valence-corrected chi connectivity index (χ1v) is 13.4. The maximum Gasteiger partial charge on any atom is 0.160 e. The van der Waals surface area contributed by atoms with Crippen molar-refractivity contribution in [2.24, 2.45) is 0 Å². The van der Waals surface area contributed by atoms with Gasteiger partial charge in [0.2, 0.25) is 0 Å². The molecule has 0 amide bonds. The molecule has 2 aliphatic rings. The summed E-state index contributed by atoms with van der Waals surface area (Å²) in [5, 5.41) is 20.2. The van der Waals surface area contributed by atoms with Crippen molar-refractivity contribution in [2.75, 3.05) is 57.4 Å². The van der Waals surface area contributed by atoms with E-state index in [9.17, 15) is 5.11 Å². The van der Waals surface area contributed by atoms with Crippen molar-refractivity contribution < 1.29 is 9.84 Å². The summed E-state index contributed by atoms with van der Waals surface area (Å²) in [6.45, 7) is 13.0. The molecule has 6 rings (SSSR count). The van der Waals surface area contributed by atoms with Crippen LogP contribution in [0.25, 0.3) is 22.7 Å². The molecule has 200 valence electrons. The molecule has 2 aliphatic heterocycles. The molecule has 3 aromatic heterocycles. The first kappa shape index (κ1) is 25.0. The standard InChI is InChI=1S/C28H36N8O2/c1-21-5-4-6-22(17-21)24-7-8-35(31-24)25-19-27(33-13-15-38-16-14-33)36-26(29-25)18-23(30-36)20-32-9-11-34(12-10-32)28(2,3)37/h4-8,17-19,37H,9-16,20H2,1-3H3. The van der Waals surface area contributed by atoms with Gasteiger partial charge in [0.05, 0.1) is 24.6 Å². The van der Waals surface area contributed by atoms with Crippen LogP contribution in [0.5, 0.6) is 0 Å². The van der Waals surface area contributed by atoms with Crippen molar-refractivity contribution in [2.45, 2.75) is 33.0 Å². The average molecular weight is 517 g/mol. The number of ether oxygens (including phenoxy) is 1. The van der Waals surface area contributed by atoms with Gasteiger partial charge in [0.25, 0.3) is 0 Å². The van der Waals surface area contributed by atoms with Gasteiger partial charge in [0.1, 0.15) is 11.5 Å². The predicted octanol–water partition coefficient (Wildman–Crippen LogP) is 2.57. The summed E-state index contributed by atoms with van der Waals surface area (Å²) < 4.78 is 9.43. The Morgan fingerprint density at radius 1 is 0.947 bits per heavy atom. The third-order valence-electron chi connectivity index (χ3n) is 7.45. The van der Waals surface area contributed by atoms with Crippen molar-refractivity contribution >= 4 is 11.5 Å². The number of rotatable bonds is 6. The SMILES string of the molecule is Cc1cccc(-c2ccn(-c3cc(N4CCOCC4)n4nc(CN5CCN(C(C)(C)O)CC5)cc4n3)n2)c1. The zero-order valence-electron chi connectivity index (χ0n) is 22.4. The molecular weight excluding hydrogens is 480 g/mol. The van der Waals surface area contributed by atoms with Crippen LogP contribution >= 0.6 is 0 Å². The second kappa shape index (κ2) is 10.1. The van der Waals surface area contributed by atoms with E-state index >= 15 is 0 Å². The molecule has 2 saturated heterocycles. The highest BCUT2D eigenvalue weighted by atomic mass is 16.5. The zero-order valence-corrected chi connectivity index (χ0v) is 22.4. The van der Waals surface area contributed by atoms with Gasteiger partial charge in [-0.05, 0) is 32.9 Å². The molecule has 0 aliphatic carbocycles. The lowest BCUT2D eigenvalue weighted by molar-refractivity contribution is -0.0969. The van der Waals surface area contributed by atoms with Gasteiger partial charge < -0.3 is 14.7 Å². The number of aliphatic hydroxyl groups is 1. The summed E-state index contributed by atoms with van der Waals surface area (Å²) in [5.41, 5.74) is 4.23. The van der Waals surface area contributed by atoms with Crippen molar-refractivity contribution in [3.05, 3.63) is 59.9 Å². The summed E-state index contributed by atoms with van der Waals surface area (Å²) in [4.78, 5) is 11.8. The number of anilines is 1. The Labute approximate surface area is 223 Å². The molecule has 2 fully saturated rings. The molecular formula is C28H36N8O2. The van der Waals surface area contributed by atoms with E-state index in [0.29, 0.717) is 13.2 Å². The Hall–Kier alpha value is -3.31. The fraction of sp³-hybridized carbons (Fsp3) is 0.464. The lowest BCUT2D eigenvalue weighted by Gasteiger charge is -2.40. The minimum Gasteiger partial charge on any atom is -0.378 e. The van der Waals surface area contributed by atoms with Crippen LogP contribution in [-0.2, 0) is 11.3 Å². The van der Waals surface area contributed by atoms with Gasteiger partial charge in [0.15, 0.2) is 11.5 Å². The highest BCUT2D eigenvalue weighted by molar-refractivity contribution is 5.60. The van der Waals surface area contributed by atoms with Gasteiger partial charge in [-0.1, -0.05) is 23.8 Å². The van der Waals surface area contributed by atoms with Crippen LogP contribution in [0, 0.1) is 6.92 Å². The quantitative estimate of drug-likeness (QED) is 0.419. The third kappa shape index (κ3) is 5.17. The van der Waals surface area contributed by atoms with Gasteiger partial charge in [0, 0.05) is 69.7 Å². The van der Waals surface area contributed by atoms with Gasteiger partial charge in [-0.3, -0.25) is 9.80 Å². The van der Waals surface area contributed by atoms with Gasteiger partial charge in [-0.15, -0.1) is 0 Å². The number of nitrogens with zero attached hydrogens (tertiary/aromatic N) is 8. The molecule has 38 heavy (non-hydrogen) atoms. The van der Waals surface area contributed by atoms with E-state index in [4.69, 9.17) is 19.9 Å². The number of benzene rings is 1. The molecule has 1 N–H and O–H groups in total. The molecule has 0 bridgehead atoms. The van der Waals surface area contributed by atoms with Crippen LogP contribution in [0.2, 0.25) is 0 Å². The van der Waals surface area contributed by atoms with Gasteiger partial charge in [-0.2, -0.15) is 14.7 Å². The van der Waals surface area contributed by atoms with Crippen LogP contribution in [0.3, 0.4) is 0 Å². The number of hydrogen-bond donors (Lipinski definition) is 1. The maximum atomic E-state index is 10.3. The summed E-state index contributed by atoms with van der Waals surface area (Å²) in [6.07, 6.45) is 1.97. The molecule has 1 aromatic carbocycles. The topological polar surface area (TPSA) is 87.2 Å². The van der Waals surface area contributed by atoms with E-state index in [1.807, 2.05) is 35.3 Å². The van der Waals surface area contributed by atoms with Crippen molar-refractivity contribution in [1.82, 2.24) is 34.2 Å². The van der Waals surface area contributed by atoms with Crippen LogP contribution in [0.1, 0.15) is 25.1 Å². The minimum absolute atomic E-state index is 0.692. The predicted molar refractivity (Wildman–Crippen MR) is 146 cm³/mol. The molecule has 4 aromatic rings. The first-order valence-electron chi connectivity index (χ1n) is 13.4. The van der Waals surface area contributed by atoms with Crippen molar-refractivity contribution in [3.8, 4) is 17.1 Å². The number of piperazine rings is 1. The Morgan fingerprint density at radius 3 is 2.47 bits per heavy atom. The number of aromatic nitrogens is 5. The lowest BCUT2D eigenvalue weighted by atomic mass is 10.1. The maximum absolute atomic E-state index is 10.3. The van der Waals surface area contributed by atoms with Crippen LogP contribution in [0.4, 0.5) is 5.82 Å². The van der Waals surface area contributed by atoms with E-state index in [1.165, 1.54) is 5.56 Å². The first-order chi connectivity index (χ1) is 18.3. The second-order valence-electron chi connectivity index (χ2n) is 10.8. The van der Waals surface area contributed by atoms with E-state index in [-0.39, 0.29) is 0 Å². The second-order valence-corrected chi connectivity index (χ2v) is 10.8. The average Bonchev–Trinajstić information content (AvgIpc) is 3.56. The lowest BCUT2D eigenvalue weighted by Crippen LogP contribution is -2.54. The Balaban J connectivity index is 1.30. The van der Waals surface area contributed by atoms with Crippen LogP contribution in [0.15, 0.2) is 48.7 Å². The minimum atomic E-state index is -0.783. The highest BCUT2D eigenvalue weighted by Gasteiger charge is 2.28. The summed E-state index contributed by atoms with van der Waals surface area (Å²) >= 11 is 0. The summed E-state index contributed by atoms with van der Waals surface area (Å²) in [5.74, 6) is 1.77. The summed E-state index contributed by atoms with van der Waals surface area (Å²) in [6, 6.07) is 14.6. The monoisotopic (exact) mass is 516 g/mol. The fourth-order valence-electron chi connectivity index (χ4n) is 5.30. The number of fused-ring (bicyclic) bond motifs is 1. The molecule has 0 saturated carbocycles. The van der Waals surface area contributed by atoms with E-state index in [1.54, 1.807) is 0 Å². The largest absolute Gasteiger partial charge is 0.378 e. The Morgan fingerprint density at radius 2 is 1.74 bits per heavy atom. The van der Waals surface area contributed by atoms with Gasteiger partial charge in [-0.25, -0.2) is 9.67 Å². The molecule has 0 spiro atoms. The molecule has 0 atom stereocenters. The highest BCUT2D eigenvalue weighted by Crippen LogP contribution is 2.24. The Kier molecular flexibility index (Phi) is 6.65. The van der Waals surface area contributed by atoms with E-state index < -0.39 is 5.72 Å². The van der Waals surface area contributed by atoms with Crippen molar-refractivity contribution in [1.29, 1.82) is 0 Å². The smallest absolute Gasteiger partial charge is 0.160 e. The number of aryl methyl sites for hydroxylation is 1. The normalized spacial score (nSPS) is 17.9. The molecule has 10 heteroatoms. The fourth-order valence-corrected chi connectivity index (χ4v) is 5.30. The molecule has 0 radical (unpaired) electrons. The number of hydrogen-bond acceptors (Lipinski definition) is 8. The molecule has 10 nitrogen and oxygen atoms in total. The van der Waals surface area contributed by atoms with Crippen LogP contribution in [-0.4, -0.2) is 97.5 Å². The molecule has 0 unspecified atom stereocenters. The number of morpholine rings is 1. The zero-order chi connectivity index (χ0) is 26.3. The van der Waals surface area contributed by atoms with Gasteiger partial charge >= 0.3 is 0 Å². The van der Waals surface area contributed by atoms with Crippen molar-refractivity contribution in [3.63, 3.8) is 0 Å².